The van der Waals surface area contributed by atoms with Crippen LogP contribution < -0.4 is 4.74 Å². The summed E-state index contributed by atoms with van der Waals surface area (Å²) in [7, 11) is 1.57. The molecular formula is C14H11N3O3. The molecule has 0 aliphatic rings. The Hall–Kier alpha value is -2.89. The first-order valence-electron chi connectivity index (χ1n) is 5.95. The summed E-state index contributed by atoms with van der Waals surface area (Å²) in [6.07, 6.45) is 1.52. The van der Waals surface area contributed by atoms with Crippen molar-refractivity contribution in [3.63, 3.8) is 0 Å². The van der Waals surface area contributed by atoms with Crippen molar-refractivity contribution in [3.05, 3.63) is 52.8 Å². The third-order valence-corrected chi connectivity index (χ3v) is 3.12. The molecule has 0 bridgehead atoms. The fourth-order valence-corrected chi connectivity index (χ4v) is 2.21. The van der Waals surface area contributed by atoms with E-state index in [-0.39, 0.29) is 5.69 Å². The van der Waals surface area contributed by atoms with Crippen molar-refractivity contribution in [3.8, 4) is 16.9 Å². The van der Waals surface area contributed by atoms with Crippen LogP contribution in [0.4, 0.5) is 5.69 Å². The number of para-hydroxylation sites is 1. The van der Waals surface area contributed by atoms with Crippen molar-refractivity contribution in [2.75, 3.05) is 7.11 Å². The van der Waals surface area contributed by atoms with Crippen LogP contribution in [0.1, 0.15) is 0 Å². The molecule has 0 spiro atoms. The molecule has 6 heteroatoms. The minimum Gasteiger partial charge on any atom is -0.496 e. The maximum atomic E-state index is 11.0. The Bertz CT molecular complexity index is 795. The van der Waals surface area contributed by atoms with Gasteiger partial charge in [-0.2, -0.15) is 0 Å². The molecule has 1 aromatic heterocycles. The van der Waals surface area contributed by atoms with Crippen LogP contribution in [0.25, 0.3) is 22.2 Å². The smallest absolute Gasteiger partial charge is 0.272 e. The molecule has 0 atom stereocenters. The third kappa shape index (κ3) is 1.87. The average molecular weight is 269 g/mol. The van der Waals surface area contributed by atoms with Crippen molar-refractivity contribution in [2.45, 2.75) is 0 Å². The van der Waals surface area contributed by atoms with Crippen LogP contribution in [0.2, 0.25) is 0 Å². The van der Waals surface area contributed by atoms with Gasteiger partial charge in [0.05, 0.1) is 29.4 Å². The Labute approximate surface area is 114 Å². The zero-order chi connectivity index (χ0) is 14.1. The van der Waals surface area contributed by atoms with E-state index in [2.05, 4.69) is 9.97 Å². The Balaban J connectivity index is 2.34. The Kier molecular flexibility index (Phi) is 2.83. The van der Waals surface area contributed by atoms with E-state index in [0.29, 0.717) is 22.3 Å². The number of nitro benzene ring substituents is 1. The summed E-state index contributed by atoms with van der Waals surface area (Å²) >= 11 is 0. The van der Waals surface area contributed by atoms with E-state index in [1.807, 2.05) is 24.3 Å². The van der Waals surface area contributed by atoms with Gasteiger partial charge in [0.15, 0.2) is 0 Å². The lowest BCUT2D eigenvalue weighted by Gasteiger charge is -2.08. The number of ether oxygens (including phenoxy) is 1. The van der Waals surface area contributed by atoms with Crippen molar-refractivity contribution >= 4 is 16.7 Å². The van der Waals surface area contributed by atoms with Crippen molar-refractivity contribution in [1.82, 2.24) is 9.97 Å². The maximum absolute atomic E-state index is 11.0. The number of non-ortho nitro benzene ring substituents is 1. The minimum atomic E-state index is -0.417. The molecule has 3 aromatic rings. The van der Waals surface area contributed by atoms with Crippen molar-refractivity contribution in [2.24, 2.45) is 0 Å². The number of fused-ring (bicyclic) bond motifs is 1. The average Bonchev–Trinajstić information content (AvgIpc) is 2.94. The number of hydrogen-bond donors (Lipinski definition) is 1. The lowest BCUT2D eigenvalue weighted by molar-refractivity contribution is -0.384. The first kappa shape index (κ1) is 12.2. The van der Waals surface area contributed by atoms with Crippen LogP contribution in [0.5, 0.6) is 5.75 Å². The van der Waals surface area contributed by atoms with Gasteiger partial charge in [-0.3, -0.25) is 10.1 Å². The molecule has 0 saturated heterocycles. The van der Waals surface area contributed by atoms with Crippen LogP contribution in [0, 0.1) is 10.1 Å². The molecule has 20 heavy (non-hydrogen) atoms. The molecule has 2 aromatic carbocycles. The van der Waals surface area contributed by atoms with Gasteiger partial charge in [0.2, 0.25) is 0 Å². The second kappa shape index (κ2) is 4.65. The van der Waals surface area contributed by atoms with Crippen molar-refractivity contribution in [1.29, 1.82) is 0 Å². The summed E-state index contributed by atoms with van der Waals surface area (Å²) in [6, 6.07) is 10.4. The summed E-state index contributed by atoms with van der Waals surface area (Å²) in [5.74, 6) is 0.650. The molecule has 0 unspecified atom stereocenters. The molecule has 0 aliphatic carbocycles. The fraction of sp³-hybridized carbons (Fsp3) is 0.0714. The number of nitrogens with one attached hydrogen (secondary N) is 1. The largest absolute Gasteiger partial charge is 0.496 e. The number of nitrogens with zero attached hydrogens (tertiary/aromatic N) is 2. The van der Waals surface area contributed by atoms with Gasteiger partial charge in [-0.15, -0.1) is 0 Å². The summed E-state index contributed by atoms with van der Waals surface area (Å²) < 4.78 is 5.32. The number of methoxy groups -OCH3 is 1. The molecular weight excluding hydrogens is 258 g/mol. The first-order valence-corrected chi connectivity index (χ1v) is 5.95. The Morgan fingerprint density at radius 1 is 1.25 bits per heavy atom. The molecule has 0 saturated carbocycles. The van der Waals surface area contributed by atoms with Crippen LogP contribution in [-0.4, -0.2) is 22.0 Å². The van der Waals surface area contributed by atoms with Gasteiger partial charge in [-0.1, -0.05) is 18.2 Å². The summed E-state index contributed by atoms with van der Waals surface area (Å²) in [5.41, 5.74) is 2.77. The fourth-order valence-electron chi connectivity index (χ4n) is 2.21. The van der Waals surface area contributed by atoms with E-state index in [9.17, 15) is 10.1 Å². The van der Waals surface area contributed by atoms with Gasteiger partial charge in [-0.25, -0.2) is 4.98 Å². The molecule has 0 fully saturated rings. The van der Waals surface area contributed by atoms with E-state index in [1.165, 1.54) is 18.5 Å². The lowest BCUT2D eigenvalue weighted by Crippen LogP contribution is -1.92. The minimum absolute atomic E-state index is 0.0163. The van der Waals surface area contributed by atoms with Crippen molar-refractivity contribution < 1.29 is 9.66 Å². The predicted molar refractivity (Wildman–Crippen MR) is 74.7 cm³/mol. The Morgan fingerprint density at radius 3 is 2.80 bits per heavy atom. The number of nitro groups is 1. The summed E-state index contributed by atoms with van der Waals surface area (Å²) in [4.78, 5) is 17.8. The number of imidazole rings is 1. The number of H-pyrrole nitrogens is 1. The number of benzene rings is 2. The molecule has 1 N–H and O–H groups in total. The van der Waals surface area contributed by atoms with Gasteiger partial charge < -0.3 is 9.72 Å². The predicted octanol–water partition coefficient (Wildman–Crippen LogP) is 3.15. The van der Waals surface area contributed by atoms with Crippen LogP contribution in [-0.2, 0) is 0 Å². The lowest BCUT2D eigenvalue weighted by atomic mass is 10.0. The molecule has 0 aliphatic heterocycles. The highest BCUT2D eigenvalue weighted by Gasteiger charge is 2.16. The molecule has 1 heterocycles. The topological polar surface area (TPSA) is 81.0 Å². The SMILES string of the molecule is COc1ccccc1-c1cc([N+](=O)[O-])cc2[nH]cnc12. The summed E-state index contributed by atoms with van der Waals surface area (Å²) in [6.45, 7) is 0. The van der Waals surface area contributed by atoms with E-state index in [4.69, 9.17) is 4.74 Å². The van der Waals surface area contributed by atoms with E-state index in [0.717, 1.165) is 5.56 Å². The zero-order valence-corrected chi connectivity index (χ0v) is 10.7. The molecule has 0 radical (unpaired) electrons. The van der Waals surface area contributed by atoms with E-state index >= 15 is 0 Å². The van der Waals surface area contributed by atoms with Crippen LogP contribution in [0.15, 0.2) is 42.7 Å². The van der Waals surface area contributed by atoms with Gasteiger partial charge in [0, 0.05) is 23.3 Å². The van der Waals surface area contributed by atoms with E-state index < -0.39 is 4.92 Å². The highest BCUT2D eigenvalue weighted by Crippen LogP contribution is 2.36. The zero-order valence-electron chi connectivity index (χ0n) is 10.7. The highest BCUT2D eigenvalue weighted by atomic mass is 16.6. The van der Waals surface area contributed by atoms with Gasteiger partial charge >= 0.3 is 0 Å². The molecule has 3 rings (SSSR count). The molecule has 6 nitrogen and oxygen atoms in total. The number of hydrogen-bond acceptors (Lipinski definition) is 4. The number of aromatic amines is 1. The van der Waals surface area contributed by atoms with Crippen LogP contribution >= 0.6 is 0 Å². The highest BCUT2D eigenvalue weighted by molar-refractivity contribution is 5.95. The van der Waals surface area contributed by atoms with Gasteiger partial charge in [0.1, 0.15) is 5.75 Å². The molecule has 100 valence electrons. The maximum Gasteiger partial charge on any atom is 0.272 e. The third-order valence-electron chi connectivity index (χ3n) is 3.12. The second-order valence-corrected chi connectivity index (χ2v) is 4.25. The molecule has 0 amide bonds. The Morgan fingerprint density at radius 2 is 2.05 bits per heavy atom. The quantitative estimate of drug-likeness (QED) is 0.585. The monoisotopic (exact) mass is 269 g/mol. The first-order chi connectivity index (χ1) is 9.70. The normalized spacial score (nSPS) is 10.7. The van der Waals surface area contributed by atoms with Gasteiger partial charge in [-0.05, 0) is 6.07 Å². The number of rotatable bonds is 3. The summed E-state index contributed by atoms with van der Waals surface area (Å²) in [5, 5.41) is 11.0. The number of aromatic nitrogens is 2. The van der Waals surface area contributed by atoms with Gasteiger partial charge in [0.25, 0.3) is 5.69 Å². The second-order valence-electron chi connectivity index (χ2n) is 4.25. The van der Waals surface area contributed by atoms with Crippen LogP contribution in [0.3, 0.4) is 0 Å². The standard InChI is InChI=1S/C14H11N3O3/c1-20-13-5-3-2-4-10(13)11-6-9(17(18)19)7-12-14(11)16-8-15-12/h2-8H,1H3,(H,15,16). The van der Waals surface area contributed by atoms with E-state index in [1.54, 1.807) is 7.11 Å².